The summed E-state index contributed by atoms with van der Waals surface area (Å²) in [7, 11) is 0. The number of carbonyl (C=O) groups is 2. The average Bonchev–Trinajstić information content (AvgIpc) is 2.64. The molecule has 0 aromatic heterocycles. The van der Waals surface area contributed by atoms with E-state index in [4.69, 9.17) is 4.74 Å². The average molecular weight is 295 g/mol. The number of esters is 1. The molecule has 2 N–H and O–H groups in total. The number of nitrogens with zero attached hydrogens (tertiary/aromatic N) is 1. The van der Waals surface area contributed by atoms with Gasteiger partial charge in [-0.2, -0.15) is 0 Å². The van der Waals surface area contributed by atoms with Gasteiger partial charge in [0.1, 0.15) is 0 Å². The maximum Gasteiger partial charge on any atom is 0.337 e. The second-order valence-corrected chi connectivity index (χ2v) is 5.80. The Labute approximate surface area is 125 Å². The first-order valence-corrected chi connectivity index (χ1v) is 7.76. The molecule has 0 bridgehead atoms. The van der Waals surface area contributed by atoms with Crippen LogP contribution in [0.1, 0.15) is 33.1 Å². The molecule has 1 fully saturated rings. The fourth-order valence-corrected chi connectivity index (χ4v) is 2.78. The lowest BCUT2D eigenvalue weighted by atomic mass is 10.0. The molecule has 21 heavy (non-hydrogen) atoms. The molecule has 0 spiro atoms. The molecule has 2 aliphatic rings. The Hall–Kier alpha value is -1.56. The van der Waals surface area contributed by atoms with Crippen LogP contribution in [0.3, 0.4) is 0 Å². The summed E-state index contributed by atoms with van der Waals surface area (Å²) in [5.74, 6) is 0.402. The predicted octanol–water partition coefficient (Wildman–Crippen LogP) is 1.24. The molecule has 6 nitrogen and oxygen atoms in total. The number of urea groups is 1. The van der Waals surface area contributed by atoms with Gasteiger partial charge in [-0.3, -0.25) is 4.90 Å². The number of amides is 2. The van der Waals surface area contributed by atoms with E-state index in [0.717, 1.165) is 31.8 Å². The van der Waals surface area contributed by atoms with Crippen LogP contribution >= 0.6 is 0 Å². The van der Waals surface area contributed by atoms with Gasteiger partial charge in [-0.25, -0.2) is 9.59 Å². The zero-order valence-electron chi connectivity index (χ0n) is 12.9. The highest BCUT2D eigenvalue weighted by Gasteiger charge is 2.25. The molecule has 2 rings (SSSR count). The lowest BCUT2D eigenvalue weighted by Crippen LogP contribution is -2.47. The molecule has 1 saturated heterocycles. The van der Waals surface area contributed by atoms with Gasteiger partial charge >= 0.3 is 12.0 Å². The smallest absolute Gasteiger partial charge is 0.337 e. The lowest BCUT2D eigenvalue weighted by molar-refractivity contribution is -0.138. The van der Waals surface area contributed by atoms with Crippen molar-refractivity contribution in [3.63, 3.8) is 0 Å². The zero-order chi connectivity index (χ0) is 15.2. The highest BCUT2D eigenvalue weighted by molar-refractivity contribution is 5.93. The van der Waals surface area contributed by atoms with Gasteiger partial charge in [0, 0.05) is 12.2 Å². The van der Waals surface area contributed by atoms with E-state index in [9.17, 15) is 9.59 Å². The minimum atomic E-state index is -0.344. The largest absolute Gasteiger partial charge is 0.463 e. The summed E-state index contributed by atoms with van der Waals surface area (Å²) in [6.45, 7) is 7.25. The monoisotopic (exact) mass is 295 g/mol. The number of rotatable bonds is 4. The first-order valence-electron chi connectivity index (χ1n) is 7.76. The Bertz CT molecular complexity index is 434. The van der Waals surface area contributed by atoms with Gasteiger partial charge in [-0.15, -0.1) is 0 Å². The van der Waals surface area contributed by atoms with Gasteiger partial charge in [0.25, 0.3) is 0 Å². The molecule has 1 atom stereocenters. The Kier molecular flexibility index (Phi) is 5.61. The van der Waals surface area contributed by atoms with Crippen LogP contribution in [0, 0.1) is 5.92 Å². The van der Waals surface area contributed by atoms with Crippen LogP contribution in [0.25, 0.3) is 0 Å². The van der Waals surface area contributed by atoms with Crippen molar-refractivity contribution in [1.29, 1.82) is 0 Å². The van der Waals surface area contributed by atoms with Crippen molar-refractivity contribution in [2.75, 3.05) is 32.8 Å². The number of ether oxygens (including phenoxy) is 1. The molecule has 0 aliphatic carbocycles. The maximum absolute atomic E-state index is 12.0. The Morgan fingerprint density at radius 2 is 2.19 bits per heavy atom. The van der Waals surface area contributed by atoms with Crippen LogP contribution in [-0.4, -0.2) is 49.7 Å². The number of likely N-dealkylation sites (tertiary alicyclic amines) is 1. The summed E-state index contributed by atoms with van der Waals surface area (Å²) in [5, 5.41) is 5.40. The minimum absolute atomic E-state index is 0.240. The van der Waals surface area contributed by atoms with E-state index in [2.05, 4.69) is 22.5 Å². The maximum atomic E-state index is 12.0. The van der Waals surface area contributed by atoms with E-state index >= 15 is 0 Å². The molecule has 2 aliphatic heterocycles. The fraction of sp³-hybridized carbons (Fsp3) is 0.733. The molecule has 0 radical (unpaired) electrons. The number of carbonyl (C=O) groups excluding carboxylic acids is 2. The summed E-state index contributed by atoms with van der Waals surface area (Å²) in [6.07, 6.45) is 3.57. The van der Waals surface area contributed by atoms with E-state index in [1.54, 1.807) is 6.92 Å². The number of hydrogen-bond donors (Lipinski definition) is 2. The number of hydrogen-bond acceptors (Lipinski definition) is 4. The van der Waals surface area contributed by atoms with Crippen molar-refractivity contribution >= 4 is 12.0 Å². The van der Waals surface area contributed by atoms with Gasteiger partial charge in [0.05, 0.1) is 18.7 Å². The van der Waals surface area contributed by atoms with Crippen LogP contribution in [0.4, 0.5) is 4.79 Å². The molecular formula is C15H25N3O3. The van der Waals surface area contributed by atoms with Crippen LogP contribution in [0.2, 0.25) is 0 Å². The van der Waals surface area contributed by atoms with Crippen molar-refractivity contribution < 1.29 is 14.3 Å². The van der Waals surface area contributed by atoms with Gasteiger partial charge in [-0.1, -0.05) is 6.92 Å². The zero-order valence-corrected chi connectivity index (χ0v) is 12.9. The molecule has 0 saturated carbocycles. The molecule has 2 amide bonds. The quantitative estimate of drug-likeness (QED) is 0.766. The summed E-state index contributed by atoms with van der Waals surface area (Å²) < 4.78 is 5.07. The van der Waals surface area contributed by atoms with Crippen LogP contribution < -0.4 is 10.6 Å². The van der Waals surface area contributed by atoms with Gasteiger partial charge in [-0.05, 0) is 45.2 Å². The van der Waals surface area contributed by atoms with E-state index in [-0.39, 0.29) is 18.5 Å². The topological polar surface area (TPSA) is 70.7 Å². The predicted molar refractivity (Wildman–Crippen MR) is 79.6 cm³/mol. The van der Waals surface area contributed by atoms with Gasteiger partial charge in [0.15, 0.2) is 0 Å². The van der Waals surface area contributed by atoms with Crippen LogP contribution in [-0.2, 0) is 9.53 Å². The van der Waals surface area contributed by atoms with Crippen molar-refractivity contribution in [2.45, 2.75) is 33.1 Å². The Morgan fingerprint density at radius 3 is 2.95 bits per heavy atom. The van der Waals surface area contributed by atoms with Crippen molar-refractivity contribution in [2.24, 2.45) is 5.92 Å². The third kappa shape index (κ3) is 4.46. The van der Waals surface area contributed by atoms with E-state index < -0.39 is 0 Å². The summed E-state index contributed by atoms with van der Waals surface area (Å²) >= 11 is 0. The SMILES string of the molecule is CCOC(=O)C1=C(CN2CCCC(C)CC2)NC(=O)NC1. The normalized spacial score (nSPS) is 24.1. The second-order valence-electron chi connectivity index (χ2n) is 5.80. The van der Waals surface area contributed by atoms with Gasteiger partial charge < -0.3 is 15.4 Å². The van der Waals surface area contributed by atoms with Crippen molar-refractivity contribution in [1.82, 2.24) is 15.5 Å². The second kappa shape index (κ2) is 7.45. The summed E-state index contributed by atoms with van der Waals surface area (Å²) in [5.41, 5.74) is 1.22. The molecule has 2 heterocycles. The van der Waals surface area contributed by atoms with Crippen LogP contribution in [0.5, 0.6) is 0 Å². The third-order valence-electron chi connectivity index (χ3n) is 4.07. The summed E-state index contributed by atoms with van der Waals surface area (Å²) in [6, 6.07) is -0.249. The first kappa shape index (κ1) is 15.8. The third-order valence-corrected chi connectivity index (χ3v) is 4.07. The fourth-order valence-electron chi connectivity index (χ4n) is 2.78. The molecule has 1 unspecified atom stereocenters. The number of nitrogens with one attached hydrogen (secondary N) is 2. The van der Waals surface area contributed by atoms with Crippen molar-refractivity contribution in [3.8, 4) is 0 Å². The van der Waals surface area contributed by atoms with E-state index in [1.165, 1.54) is 6.42 Å². The molecule has 6 heteroatoms. The van der Waals surface area contributed by atoms with E-state index in [0.29, 0.717) is 24.4 Å². The highest BCUT2D eigenvalue weighted by atomic mass is 16.5. The lowest BCUT2D eigenvalue weighted by Gasteiger charge is -2.26. The standard InChI is InChI=1S/C15H25N3O3/c1-3-21-14(19)12-9-16-15(20)17-13(12)10-18-7-4-5-11(2)6-8-18/h11H,3-10H2,1-2H3,(H2,16,17,20). The van der Waals surface area contributed by atoms with Crippen molar-refractivity contribution in [3.05, 3.63) is 11.3 Å². The molecule has 118 valence electrons. The molecular weight excluding hydrogens is 270 g/mol. The first-order chi connectivity index (χ1) is 10.1. The Balaban J connectivity index is 2.08. The van der Waals surface area contributed by atoms with E-state index in [1.807, 2.05) is 0 Å². The highest BCUT2D eigenvalue weighted by Crippen LogP contribution is 2.18. The summed E-state index contributed by atoms with van der Waals surface area (Å²) in [4.78, 5) is 25.8. The molecule has 0 aromatic rings. The minimum Gasteiger partial charge on any atom is -0.463 e. The van der Waals surface area contributed by atoms with Crippen LogP contribution in [0.15, 0.2) is 11.3 Å². The Morgan fingerprint density at radius 1 is 1.38 bits per heavy atom. The van der Waals surface area contributed by atoms with Gasteiger partial charge in [0.2, 0.25) is 0 Å². The molecule has 0 aromatic carbocycles.